The second kappa shape index (κ2) is 7.07. The molecule has 0 bridgehead atoms. The topological polar surface area (TPSA) is 92.1 Å². The maximum atomic E-state index is 12.9. The predicted molar refractivity (Wildman–Crippen MR) is 103 cm³/mol. The minimum atomic E-state index is -0.450. The number of nitrogens with one attached hydrogen (secondary N) is 1. The molecule has 1 aromatic heterocycles. The number of carbonyl (C=O) groups excluding carboxylic acids is 2. The number of hydrogen-bond acceptors (Lipinski definition) is 3. The van der Waals surface area contributed by atoms with Crippen LogP contribution in [0.1, 0.15) is 22.3 Å². The van der Waals surface area contributed by atoms with Crippen LogP contribution in [-0.4, -0.2) is 28.6 Å². The van der Waals surface area contributed by atoms with Crippen LogP contribution in [0.3, 0.4) is 0 Å². The lowest BCUT2D eigenvalue weighted by Gasteiger charge is -2.17. The van der Waals surface area contributed by atoms with Crippen molar-refractivity contribution >= 4 is 17.5 Å². The van der Waals surface area contributed by atoms with Crippen LogP contribution in [0, 0.1) is 5.92 Å². The molecule has 2 aromatic carbocycles. The average Bonchev–Trinajstić information content (AvgIpc) is 3.33. The van der Waals surface area contributed by atoms with Crippen molar-refractivity contribution in [2.24, 2.45) is 11.7 Å². The molecule has 3 aromatic rings. The zero-order chi connectivity index (χ0) is 18.8. The molecule has 2 heterocycles. The van der Waals surface area contributed by atoms with E-state index in [-0.39, 0.29) is 11.8 Å². The van der Waals surface area contributed by atoms with Gasteiger partial charge in [0.1, 0.15) is 0 Å². The van der Waals surface area contributed by atoms with Gasteiger partial charge in [0.25, 0.3) is 0 Å². The van der Waals surface area contributed by atoms with Crippen LogP contribution in [0.25, 0.3) is 11.1 Å². The molecule has 6 heteroatoms. The Morgan fingerprint density at radius 3 is 2.70 bits per heavy atom. The fourth-order valence-corrected chi connectivity index (χ4v) is 3.56. The van der Waals surface area contributed by atoms with Crippen LogP contribution in [0.15, 0.2) is 60.9 Å². The lowest BCUT2D eigenvalue weighted by Crippen LogP contribution is -2.27. The van der Waals surface area contributed by atoms with Gasteiger partial charge in [-0.05, 0) is 48.2 Å². The molecule has 0 saturated carbocycles. The van der Waals surface area contributed by atoms with Crippen molar-refractivity contribution in [3.05, 3.63) is 72.1 Å². The molecule has 3 N–H and O–H groups in total. The van der Waals surface area contributed by atoms with Crippen molar-refractivity contribution in [1.82, 2.24) is 10.2 Å². The van der Waals surface area contributed by atoms with Gasteiger partial charge < -0.3 is 10.6 Å². The SMILES string of the molecule is NC(=O)c1cccc(CC2CCN(c3ccc(-c4cn[nH]c4)cc3)C2=O)c1. The normalized spacial score (nSPS) is 16.7. The fraction of sp³-hybridized carbons (Fsp3) is 0.190. The number of H-pyrrole nitrogens is 1. The molecule has 136 valence electrons. The van der Waals surface area contributed by atoms with Gasteiger partial charge in [-0.1, -0.05) is 24.3 Å². The van der Waals surface area contributed by atoms with Gasteiger partial charge in [-0.3, -0.25) is 14.7 Å². The highest BCUT2D eigenvalue weighted by molar-refractivity contribution is 5.97. The Kier molecular flexibility index (Phi) is 4.46. The van der Waals surface area contributed by atoms with Gasteiger partial charge in [0.05, 0.1) is 6.20 Å². The molecule has 1 atom stereocenters. The first-order chi connectivity index (χ1) is 13.1. The number of nitrogens with two attached hydrogens (primary N) is 1. The van der Waals surface area contributed by atoms with Crippen LogP contribution in [-0.2, 0) is 11.2 Å². The summed E-state index contributed by atoms with van der Waals surface area (Å²) in [5, 5.41) is 6.76. The van der Waals surface area contributed by atoms with Crippen LogP contribution in [0.5, 0.6) is 0 Å². The van der Waals surface area contributed by atoms with Crippen molar-refractivity contribution in [3.63, 3.8) is 0 Å². The second-order valence-corrected chi connectivity index (χ2v) is 6.78. The Labute approximate surface area is 157 Å². The van der Waals surface area contributed by atoms with Crippen molar-refractivity contribution in [3.8, 4) is 11.1 Å². The fourth-order valence-electron chi connectivity index (χ4n) is 3.56. The number of rotatable bonds is 5. The Morgan fingerprint density at radius 1 is 1.19 bits per heavy atom. The highest BCUT2D eigenvalue weighted by Gasteiger charge is 2.32. The van der Waals surface area contributed by atoms with E-state index in [4.69, 9.17) is 5.73 Å². The maximum absolute atomic E-state index is 12.9. The van der Waals surface area contributed by atoms with Crippen LogP contribution < -0.4 is 10.6 Å². The molecule has 0 spiro atoms. The van der Waals surface area contributed by atoms with Crippen LogP contribution >= 0.6 is 0 Å². The Bertz CT molecular complexity index is 964. The van der Waals surface area contributed by atoms with E-state index in [1.807, 2.05) is 41.4 Å². The standard InChI is InChI=1S/C21H20N4O2/c22-20(26)16-3-1-2-14(10-16)11-17-8-9-25(21(17)27)19-6-4-15(5-7-19)18-12-23-24-13-18/h1-7,10,12-13,17H,8-9,11H2,(H2,22,26)(H,23,24). The molecule has 0 aliphatic carbocycles. The van der Waals surface area contributed by atoms with E-state index < -0.39 is 5.91 Å². The van der Waals surface area contributed by atoms with Crippen molar-refractivity contribution in [2.75, 3.05) is 11.4 Å². The van der Waals surface area contributed by atoms with Crippen LogP contribution in [0.4, 0.5) is 5.69 Å². The number of carbonyl (C=O) groups is 2. The first kappa shape index (κ1) is 17.0. The molecule has 1 aliphatic rings. The molecule has 4 rings (SSSR count). The molecule has 27 heavy (non-hydrogen) atoms. The van der Waals surface area contributed by atoms with Gasteiger partial charge in [-0.15, -0.1) is 0 Å². The highest BCUT2D eigenvalue weighted by Crippen LogP contribution is 2.29. The Hall–Kier alpha value is -3.41. The second-order valence-electron chi connectivity index (χ2n) is 6.78. The number of aromatic amines is 1. The summed E-state index contributed by atoms with van der Waals surface area (Å²) in [7, 11) is 0. The number of anilines is 1. The van der Waals surface area contributed by atoms with E-state index >= 15 is 0 Å². The quantitative estimate of drug-likeness (QED) is 0.733. The highest BCUT2D eigenvalue weighted by atomic mass is 16.2. The third-order valence-electron chi connectivity index (χ3n) is 5.02. The number of amides is 2. The third kappa shape index (κ3) is 3.46. The molecule has 0 radical (unpaired) electrons. The van der Waals surface area contributed by atoms with Gasteiger partial charge in [0.15, 0.2) is 0 Å². The summed E-state index contributed by atoms with van der Waals surface area (Å²) in [6.45, 7) is 0.698. The van der Waals surface area contributed by atoms with Crippen LogP contribution in [0.2, 0.25) is 0 Å². The van der Waals surface area contributed by atoms with Crippen molar-refractivity contribution in [1.29, 1.82) is 0 Å². The van der Waals surface area contributed by atoms with E-state index in [0.29, 0.717) is 18.5 Å². The third-order valence-corrected chi connectivity index (χ3v) is 5.02. The average molecular weight is 360 g/mol. The van der Waals surface area contributed by atoms with Gasteiger partial charge in [0, 0.05) is 35.5 Å². The van der Waals surface area contributed by atoms with Gasteiger partial charge in [0.2, 0.25) is 11.8 Å². The summed E-state index contributed by atoms with van der Waals surface area (Å²) in [6, 6.07) is 15.1. The lowest BCUT2D eigenvalue weighted by atomic mass is 9.96. The van der Waals surface area contributed by atoms with Gasteiger partial charge in [-0.25, -0.2) is 0 Å². The molecule has 1 fully saturated rings. The molecular weight excluding hydrogens is 340 g/mol. The minimum absolute atomic E-state index is 0.0818. The Morgan fingerprint density at radius 2 is 2.00 bits per heavy atom. The number of benzene rings is 2. The molecular formula is C21H20N4O2. The molecule has 6 nitrogen and oxygen atoms in total. The van der Waals surface area contributed by atoms with E-state index in [1.54, 1.807) is 24.4 Å². The largest absolute Gasteiger partial charge is 0.366 e. The summed E-state index contributed by atoms with van der Waals surface area (Å²) in [5.74, 6) is -0.411. The van der Waals surface area contributed by atoms with E-state index in [1.165, 1.54) is 0 Å². The number of aromatic nitrogens is 2. The Balaban J connectivity index is 1.47. The number of primary amides is 1. The van der Waals surface area contributed by atoms with Crippen molar-refractivity contribution < 1.29 is 9.59 Å². The first-order valence-electron chi connectivity index (χ1n) is 8.91. The van der Waals surface area contributed by atoms with Crippen molar-refractivity contribution in [2.45, 2.75) is 12.8 Å². The zero-order valence-corrected chi connectivity index (χ0v) is 14.8. The smallest absolute Gasteiger partial charge is 0.248 e. The summed E-state index contributed by atoms with van der Waals surface area (Å²) >= 11 is 0. The maximum Gasteiger partial charge on any atom is 0.248 e. The summed E-state index contributed by atoms with van der Waals surface area (Å²) in [4.78, 5) is 26.0. The van der Waals surface area contributed by atoms with Gasteiger partial charge in [-0.2, -0.15) is 5.10 Å². The van der Waals surface area contributed by atoms with Gasteiger partial charge >= 0.3 is 0 Å². The first-order valence-corrected chi connectivity index (χ1v) is 8.91. The van der Waals surface area contributed by atoms with E-state index in [0.717, 1.165) is 28.8 Å². The summed E-state index contributed by atoms with van der Waals surface area (Å²) < 4.78 is 0. The van der Waals surface area contributed by atoms with E-state index in [9.17, 15) is 9.59 Å². The molecule has 1 saturated heterocycles. The van der Waals surface area contributed by atoms with E-state index in [2.05, 4.69) is 10.2 Å². The lowest BCUT2D eigenvalue weighted by molar-refractivity contribution is -0.120. The predicted octanol–water partition coefficient (Wildman–Crippen LogP) is 2.77. The molecule has 2 amide bonds. The number of hydrogen-bond donors (Lipinski definition) is 2. The molecule has 1 aliphatic heterocycles. The molecule has 1 unspecified atom stereocenters. The summed E-state index contributed by atoms with van der Waals surface area (Å²) in [5.41, 5.74) is 9.75. The summed E-state index contributed by atoms with van der Waals surface area (Å²) in [6.07, 6.45) is 5.02. The zero-order valence-electron chi connectivity index (χ0n) is 14.8. The monoisotopic (exact) mass is 360 g/mol. The minimum Gasteiger partial charge on any atom is -0.366 e. The number of nitrogens with zero attached hydrogens (tertiary/aromatic N) is 2.